The van der Waals surface area contributed by atoms with E-state index in [1.807, 2.05) is 42.5 Å². The van der Waals surface area contributed by atoms with Gasteiger partial charge in [0.2, 0.25) is 0 Å². The van der Waals surface area contributed by atoms with Crippen LogP contribution in [0.2, 0.25) is 0 Å². The summed E-state index contributed by atoms with van der Waals surface area (Å²) in [6.07, 6.45) is 0. The Labute approximate surface area is 279 Å². The van der Waals surface area contributed by atoms with E-state index in [1.165, 1.54) is 0 Å². The second kappa shape index (κ2) is 10.2. The highest BCUT2D eigenvalue weighted by molar-refractivity contribution is 6.25. The van der Waals surface area contributed by atoms with Gasteiger partial charge in [0.05, 0.1) is 6.85 Å². The van der Waals surface area contributed by atoms with Gasteiger partial charge in [-0.1, -0.05) is 152 Å². The Morgan fingerprint density at radius 1 is 0.383 bits per heavy atom. The lowest BCUT2D eigenvalue weighted by molar-refractivity contribution is 0.673. The summed E-state index contributed by atoms with van der Waals surface area (Å²) in [6, 6.07) is 46.6. The summed E-state index contributed by atoms with van der Waals surface area (Å²) in [6.45, 7) is 0. The van der Waals surface area contributed by atoms with Gasteiger partial charge in [-0.15, -0.1) is 0 Å². The van der Waals surface area contributed by atoms with Crippen molar-refractivity contribution in [2.75, 3.05) is 0 Å². The third-order valence-corrected chi connectivity index (χ3v) is 9.55. The molecule has 1 nitrogen and oxygen atoms in total. The molecule has 218 valence electrons. The highest BCUT2D eigenvalue weighted by Crippen LogP contribution is 2.47. The molecular formula is C46H28O. The lowest BCUT2D eigenvalue weighted by atomic mass is 9.83. The Bertz CT molecular complexity index is 3050. The van der Waals surface area contributed by atoms with Gasteiger partial charge in [-0.05, 0) is 89.3 Å². The van der Waals surface area contributed by atoms with Gasteiger partial charge in [0.15, 0.2) is 0 Å². The van der Waals surface area contributed by atoms with Crippen LogP contribution in [-0.4, -0.2) is 0 Å². The van der Waals surface area contributed by atoms with E-state index in [2.05, 4.69) is 97.1 Å². The average molecular weight is 602 g/mol. The molecule has 47 heavy (non-hydrogen) atoms. The van der Waals surface area contributed by atoms with Crippen LogP contribution >= 0.6 is 0 Å². The number of benzene rings is 9. The number of hydrogen-bond donors (Lipinski definition) is 0. The predicted molar refractivity (Wildman–Crippen MR) is 200 cm³/mol. The maximum Gasteiger partial charge on any atom is 0.143 e. The second-order valence-electron chi connectivity index (χ2n) is 12.0. The van der Waals surface area contributed by atoms with Gasteiger partial charge in [0.25, 0.3) is 0 Å². The number of fused-ring (bicyclic) bond motifs is 8. The molecule has 0 saturated carbocycles. The normalized spacial score (nSPS) is 13.3. The maximum atomic E-state index is 8.73. The minimum atomic E-state index is -0.398. The van der Waals surface area contributed by atoms with Crippen LogP contribution in [0.15, 0.2) is 174 Å². The molecule has 0 unspecified atom stereocenters. The van der Waals surface area contributed by atoms with Crippen LogP contribution in [0.3, 0.4) is 0 Å². The molecule has 0 spiro atoms. The van der Waals surface area contributed by atoms with Crippen LogP contribution in [0, 0.1) is 0 Å². The zero-order valence-corrected chi connectivity index (χ0v) is 25.2. The van der Waals surface area contributed by atoms with Crippen molar-refractivity contribution in [2.24, 2.45) is 0 Å². The molecule has 0 fully saturated rings. The molecule has 10 aromatic rings. The van der Waals surface area contributed by atoms with Crippen molar-refractivity contribution >= 4 is 65.0 Å². The molecule has 0 N–H and O–H groups in total. The van der Waals surface area contributed by atoms with Crippen LogP contribution in [0.1, 0.15) is 6.85 Å². The third-order valence-electron chi connectivity index (χ3n) is 9.55. The van der Waals surface area contributed by atoms with Crippen LogP contribution in [-0.2, 0) is 0 Å². The summed E-state index contributed by atoms with van der Waals surface area (Å²) in [5.41, 5.74) is 6.82. The summed E-state index contributed by atoms with van der Waals surface area (Å²) >= 11 is 0. The zero-order chi connectivity index (χ0) is 35.2. The first-order valence-electron chi connectivity index (χ1n) is 18.3. The molecule has 0 atom stereocenters. The quantitative estimate of drug-likeness (QED) is 0.184. The molecule has 0 amide bonds. The molecule has 9 aromatic carbocycles. The van der Waals surface area contributed by atoms with Gasteiger partial charge in [-0.2, -0.15) is 0 Å². The van der Waals surface area contributed by atoms with Crippen LogP contribution in [0.5, 0.6) is 0 Å². The molecule has 0 saturated heterocycles. The minimum Gasteiger partial charge on any atom is -0.455 e. The average Bonchev–Trinajstić information content (AvgIpc) is 3.57. The molecule has 0 bridgehead atoms. The van der Waals surface area contributed by atoms with E-state index in [0.717, 1.165) is 87.3 Å². The van der Waals surface area contributed by atoms with Crippen molar-refractivity contribution in [3.05, 3.63) is 170 Å². The number of rotatable bonds is 3. The highest BCUT2D eigenvalue weighted by Gasteiger charge is 2.20. The Kier molecular flexibility index (Phi) is 4.66. The van der Waals surface area contributed by atoms with E-state index in [9.17, 15) is 0 Å². The van der Waals surface area contributed by atoms with E-state index < -0.39 is 6.04 Å². The van der Waals surface area contributed by atoms with Crippen LogP contribution in [0.4, 0.5) is 0 Å². The van der Waals surface area contributed by atoms with E-state index in [1.54, 1.807) is 0 Å². The first-order valence-corrected chi connectivity index (χ1v) is 15.8. The lowest BCUT2D eigenvalue weighted by Gasteiger charge is -2.19. The smallest absolute Gasteiger partial charge is 0.143 e. The van der Waals surface area contributed by atoms with Gasteiger partial charge in [-0.3, -0.25) is 0 Å². The topological polar surface area (TPSA) is 13.1 Å². The molecule has 0 aliphatic rings. The van der Waals surface area contributed by atoms with Crippen molar-refractivity contribution in [1.82, 2.24) is 0 Å². The zero-order valence-electron chi connectivity index (χ0n) is 30.2. The SMILES string of the molecule is [2H]c1c([2H])c([2H])c(-c2ccc(-c3c4ccccc4c(-c4ccc5c(c4)oc4c6ccccc6ccc54)c4ccccc34)c3ccccc23)c([2H])c1[2H]. The minimum absolute atomic E-state index is 0.202. The van der Waals surface area contributed by atoms with Gasteiger partial charge in [0.1, 0.15) is 11.2 Å². The number of furan rings is 1. The van der Waals surface area contributed by atoms with Crippen molar-refractivity contribution < 1.29 is 11.3 Å². The Balaban J connectivity index is 1.25. The summed E-state index contributed by atoms with van der Waals surface area (Å²) < 4.78 is 48.9. The van der Waals surface area contributed by atoms with Crippen molar-refractivity contribution in [3.63, 3.8) is 0 Å². The van der Waals surface area contributed by atoms with Gasteiger partial charge < -0.3 is 4.42 Å². The standard InChI is InChI=1S/C46H28O/c1-2-12-29(13-3-1)32-26-27-41(35-17-7-6-16-34(32)35)45-39-20-10-8-18-37(39)44(38-19-9-11-21-40(38)45)31-23-24-36-42-25-22-30-14-4-5-15-33(30)46(42)47-43(36)28-31/h1-28H/i1D,2D,3D,12D,13D. The molecule has 0 radical (unpaired) electrons. The summed E-state index contributed by atoms with van der Waals surface area (Å²) in [4.78, 5) is 0. The molecular weight excluding hydrogens is 569 g/mol. The second-order valence-corrected chi connectivity index (χ2v) is 12.0. The van der Waals surface area contributed by atoms with Crippen molar-refractivity contribution in [2.45, 2.75) is 0 Å². The largest absolute Gasteiger partial charge is 0.455 e. The Morgan fingerprint density at radius 2 is 0.936 bits per heavy atom. The number of hydrogen-bond acceptors (Lipinski definition) is 1. The first kappa shape index (κ1) is 21.5. The fourth-order valence-electron chi connectivity index (χ4n) is 7.51. The molecule has 0 aliphatic heterocycles. The predicted octanol–water partition coefficient (Wildman–Crippen LogP) is 13.2. The maximum absolute atomic E-state index is 8.73. The Hall–Kier alpha value is -6.18. The molecule has 1 heteroatoms. The highest BCUT2D eigenvalue weighted by atomic mass is 16.3. The van der Waals surface area contributed by atoms with Gasteiger partial charge in [0, 0.05) is 16.2 Å². The van der Waals surface area contributed by atoms with Crippen LogP contribution in [0.25, 0.3) is 98.4 Å². The molecule has 0 aliphatic carbocycles. The summed E-state index contributed by atoms with van der Waals surface area (Å²) in [7, 11) is 0. The monoisotopic (exact) mass is 601 g/mol. The Morgan fingerprint density at radius 3 is 1.64 bits per heavy atom. The fraction of sp³-hybridized carbons (Fsp3) is 0. The first-order chi connectivity index (χ1) is 25.4. The van der Waals surface area contributed by atoms with Crippen LogP contribution < -0.4 is 0 Å². The molecule has 1 aromatic heterocycles. The van der Waals surface area contributed by atoms with E-state index in [-0.39, 0.29) is 29.7 Å². The van der Waals surface area contributed by atoms with E-state index in [4.69, 9.17) is 11.3 Å². The summed E-state index contributed by atoms with van der Waals surface area (Å²) in [5.74, 6) is 0. The lowest BCUT2D eigenvalue weighted by Crippen LogP contribution is -1.92. The fourth-order valence-corrected chi connectivity index (χ4v) is 7.51. The van der Waals surface area contributed by atoms with Gasteiger partial charge in [-0.25, -0.2) is 0 Å². The summed E-state index contributed by atoms with van der Waals surface area (Å²) in [5, 5.41) is 10.6. The van der Waals surface area contributed by atoms with E-state index in [0.29, 0.717) is 5.56 Å². The van der Waals surface area contributed by atoms with Gasteiger partial charge >= 0.3 is 0 Å². The van der Waals surface area contributed by atoms with Crippen molar-refractivity contribution in [3.8, 4) is 33.4 Å². The van der Waals surface area contributed by atoms with E-state index >= 15 is 0 Å². The third kappa shape index (κ3) is 3.90. The molecule has 10 rings (SSSR count). The van der Waals surface area contributed by atoms with Crippen molar-refractivity contribution in [1.29, 1.82) is 0 Å². The molecule has 1 heterocycles.